The van der Waals surface area contributed by atoms with Gasteiger partial charge in [0, 0.05) is 45.7 Å². The van der Waals surface area contributed by atoms with Crippen LogP contribution in [-0.2, 0) is 72.0 Å². The maximum Gasteiger partial charge on any atom is 0.300 e. The summed E-state index contributed by atoms with van der Waals surface area (Å²) in [5, 5.41) is 23.4. The number of nitrogens with zero attached hydrogens (tertiary/aromatic N) is 2. The number of hydrogen-bond donors (Lipinski definition) is 13. The lowest BCUT2D eigenvalue weighted by molar-refractivity contribution is -0.143. The molecule has 26 heteroatoms. The Morgan fingerprint density at radius 2 is 0.976 bits per heavy atom. The molecule has 8 atom stereocenters. The van der Waals surface area contributed by atoms with E-state index in [0.717, 1.165) is 12.5 Å². The largest absolute Gasteiger partial charge is 0.481 e. The zero-order chi connectivity index (χ0) is 60.9. The Morgan fingerprint density at radius 3 is 1.46 bits per heavy atom. The number of carbonyl (C=O) groups is 11. The molecular weight excluding hydrogens is 1060 g/mol. The number of nitrogens with one attached hydrogen (secondary N) is 6. The summed E-state index contributed by atoms with van der Waals surface area (Å²) in [6.45, 7) is 4.87. The molecule has 0 bridgehead atoms. The number of aliphatic carboxylic acids is 1. The first-order valence-electron chi connectivity index (χ1n) is 27.0. The minimum absolute atomic E-state index is 0.00718. The molecule has 1 saturated heterocycles. The number of rotatable bonds is 32. The molecule has 0 radical (unpaired) electrons. The molecule has 1 fully saturated rings. The summed E-state index contributed by atoms with van der Waals surface area (Å²) in [5.74, 6) is -9.00. The predicted molar refractivity (Wildman–Crippen MR) is 303 cm³/mol. The van der Waals surface area contributed by atoms with Crippen LogP contribution in [0.25, 0.3) is 0 Å². The topological polar surface area (TPSA) is 452 Å². The van der Waals surface area contributed by atoms with Crippen molar-refractivity contribution in [2.45, 2.75) is 146 Å². The van der Waals surface area contributed by atoms with Gasteiger partial charge in [0.15, 0.2) is 5.96 Å². The van der Waals surface area contributed by atoms with E-state index in [4.69, 9.17) is 44.3 Å². The fourth-order valence-corrected chi connectivity index (χ4v) is 8.81. The fraction of sp³-hybridized carbons (Fsp3) is 0.464. The molecule has 1 aliphatic rings. The first-order valence-corrected chi connectivity index (χ1v) is 27.0. The second-order valence-corrected chi connectivity index (χ2v) is 20.2. The third kappa shape index (κ3) is 25.0. The standard InChI is InChI=1S/C54H76N14O10.C2H4O2/c1-32(2)28-41(66-47(72)36(55)29-33-14-6-3-7-15-33)50(75)67-42(31-35-18-10-5-11-19-35)51(76)64-39(23-25-45(57)70)53(78)68-27-13-21-43(68)52(77)63-38(22-24-44(56)69)49(74)62-37(20-12-26-61-54(59)60)48(73)65-40(46(58)71)30-34-16-8-4-9-17-34;1-2(3)4/h3-11,14-19,32,36-43H,12-13,20-31,55H2,1-2H3,(H2,56,69)(H2,57,70)(H2,58,71)(H,62,74)(H,63,77)(H,64,76)(H,65,73)(H,66,72)(H,67,75)(H4,59,60,61);1H3,(H,3,4)/t36-,37-,38-,39-,40-,41-,42-,43-;/m0./s1. The molecule has 446 valence electrons. The molecule has 4 rings (SSSR count). The summed E-state index contributed by atoms with van der Waals surface area (Å²) in [4.78, 5) is 150. The Kier molecular flexibility index (Phi) is 28.7. The van der Waals surface area contributed by atoms with Gasteiger partial charge in [-0.1, -0.05) is 105 Å². The Balaban J connectivity index is 0.00000426. The molecule has 0 aromatic heterocycles. The van der Waals surface area contributed by atoms with Gasteiger partial charge in [-0.2, -0.15) is 0 Å². The number of nitrogens with two attached hydrogens (primary N) is 6. The van der Waals surface area contributed by atoms with Crippen molar-refractivity contribution in [3.63, 3.8) is 0 Å². The minimum atomic E-state index is -1.50. The Morgan fingerprint density at radius 1 is 0.561 bits per heavy atom. The molecule has 1 heterocycles. The molecule has 0 saturated carbocycles. The van der Waals surface area contributed by atoms with E-state index < -0.39 is 113 Å². The second kappa shape index (κ2) is 34.9. The Hall–Kier alpha value is -8.94. The van der Waals surface area contributed by atoms with Crippen molar-refractivity contribution < 1.29 is 57.8 Å². The number of benzene rings is 3. The molecule has 0 aliphatic carbocycles. The third-order valence-electron chi connectivity index (χ3n) is 12.9. The van der Waals surface area contributed by atoms with E-state index in [9.17, 15) is 47.9 Å². The first-order chi connectivity index (χ1) is 38.8. The van der Waals surface area contributed by atoms with Crippen molar-refractivity contribution in [1.29, 1.82) is 0 Å². The third-order valence-corrected chi connectivity index (χ3v) is 12.9. The number of amides is 10. The summed E-state index contributed by atoms with van der Waals surface area (Å²) in [7, 11) is 0. The molecule has 3 aromatic rings. The summed E-state index contributed by atoms with van der Waals surface area (Å²) >= 11 is 0. The van der Waals surface area contributed by atoms with E-state index in [1.165, 1.54) is 4.90 Å². The molecule has 19 N–H and O–H groups in total. The van der Waals surface area contributed by atoms with Gasteiger partial charge in [0.25, 0.3) is 5.97 Å². The number of carbonyl (C=O) groups excluding carboxylic acids is 10. The minimum Gasteiger partial charge on any atom is -0.481 e. The number of guanidine groups is 1. The summed E-state index contributed by atoms with van der Waals surface area (Å²) in [6, 6.07) is 16.4. The smallest absolute Gasteiger partial charge is 0.300 e. The molecule has 0 spiro atoms. The number of carboxylic acids is 1. The Bertz CT molecular complexity index is 2660. The average Bonchev–Trinajstić information content (AvgIpc) is 4.05. The predicted octanol–water partition coefficient (Wildman–Crippen LogP) is -1.85. The van der Waals surface area contributed by atoms with E-state index in [1.807, 2.05) is 44.2 Å². The molecule has 82 heavy (non-hydrogen) atoms. The van der Waals surface area contributed by atoms with E-state index in [2.05, 4.69) is 36.9 Å². The summed E-state index contributed by atoms with van der Waals surface area (Å²) in [5.41, 5.74) is 36.0. The van der Waals surface area contributed by atoms with Gasteiger partial charge in [0.1, 0.15) is 42.3 Å². The average molecular weight is 1140 g/mol. The number of carboxylic acid groups (broad SMARTS) is 1. The zero-order valence-corrected chi connectivity index (χ0v) is 46.6. The van der Waals surface area contributed by atoms with Crippen molar-refractivity contribution in [3.8, 4) is 0 Å². The monoisotopic (exact) mass is 1140 g/mol. The fourth-order valence-electron chi connectivity index (χ4n) is 8.81. The van der Waals surface area contributed by atoms with Gasteiger partial charge in [-0.05, 0) is 74.0 Å². The second-order valence-electron chi connectivity index (χ2n) is 20.2. The SMILES string of the molecule is CC(=O)O.CC(C)C[C@H](NC(=O)[C@@H](N)Cc1ccccc1)C(=O)N[C@@H](Cc1ccccc1)C(=O)N[C@@H](CCC(N)=O)C(=O)N1CCC[C@H]1C(=O)N[C@@H](CCC(N)=O)C(=O)N[C@@H](CCCN=C(N)N)C(=O)N[C@@H](Cc1ccccc1)C(N)=O. The lowest BCUT2D eigenvalue weighted by Crippen LogP contribution is -2.60. The highest BCUT2D eigenvalue weighted by molar-refractivity contribution is 5.98. The van der Waals surface area contributed by atoms with Crippen LogP contribution in [-0.4, -0.2) is 142 Å². The highest BCUT2D eigenvalue weighted by atomic mass is 16.4. The number of aliphatic imine (C=N–C) groups is 1. The van der Waals surface area contributed by atoms with Crippen molar-refractivity contribution in [2.24, 2.45) is 45.3 Å². The van der Waals surface area contributed by atoms with Crippen molar-refractivity contribution in [2.75, 3.05) is 13.1 Å². The van der Waals surface area contributed by atoms with Crippen LogP contribution in [0.4, 0.5) is 0 Å². The lowest BCUT2D eigenvalue weighted by atomic mass is 9.99. The van der Waals surface area contributed by atoms with Crippen LogP contribution in [0.5, 0.6) is 0 Å². The number of primary amides is 3. The van der Waals surface area contributed by atoms with Crippen LogP contribution in [0.3, 0.4) is 0 Å². The molecule has 3 aromatic carbocycles. The molecule has 1 aliphatic heterocycles. The van der Waals surface area contributed by atoms with Gasteiger partial charge < -0.3 is 76.3 Å². The van der Waals surface area contributed by atoms with Crippen LogP contribution in [0, 0.1) is 5.92 Å². The van der Waals surface area contributed by atoms with Gasteiger partial charge in [-0.15, -0.1) is 0 Å². The van der Waals surface area contributed by atoms with Gasteiger partial charge >= 0.3 is 0 Å². The van der Waals surface area contributed by atoms with Crippen molar-refractivity contribution >= 4 is 71.0 Å². The summed E-state index contributed by atoms with van der Waals surface area (Å²) in [6.07, 6.45) is -0.533. The quantitative estimate of drug-likeness (QED) is 0.0185. The van der Waals surface area contributed by atoms with E-state index in [1.54, 1.807) is 60.7 Å². The highest BCUT2D eigenvalue weighted by Gasteiger charge is 2.40. The van der Waals surface area contributed by atoms with Gasteiger partial charge in [-0.3, -0.25) is 57.7 Å². The van der Waals surface area contributed by atoms with Crippen molar-refractivity contribution in [1.82, 2.24) is 36.8 Å². The van der Waals surface area contributed by atoms with Gasteiger partial charge in [-0.25, -0.2) is 0 Å². The van der Waals surface area contributed by atoms with Gasteiger partial charge in [0.05, 0.1) is 6.04 Å². The first kappa shape index (κ1) is 67.3. The van der Waals surface area contributed by atoms with E-state index in [0.29, 0.717) is 17.5 Å². The van der Waals surface area contributed by atoms with Crippen molar-refractivity contribution in [3.05, 3.63) is 108 Å². The maximum atomic E-state index is 14.6. The van der Waals surface area contributed by atoms with Crippen LogP contribution in [0.15, 0.2) is 96.0 Å². The molecule has 0 unspecified atom stereocenters. The van der Waals surface area contributed by atoms with E-state index in [-0.39, 0.29) is 95.6 Å². The Labute approximate surface area is 476 Å². The highest BCUT2D eigenvalue weighted by Crippen LogP contribution is 2.21. The van der Waals surface area contributed by atoms with E-state index >= 15 is 0 Å². The van der Waals surface area contributed by atoms with Crippen LogP contribution >= 0.6 is 0 Å². The van der Waals surface area contributed by atoms with Gasteiger partial charge in [0.2, 0.25) is 59.1 Å². The normalized spacial score (nSPS) is 15.2. The number of hydrogen-bond acceptors (Lipinski definition) is 13. The van der Waals surface area contributed by atoms with Crippen LogP contribution in [0.2, 0.25) is 0 Å². The number of likely N-dealkylation sites (tertiary alicyclic amines) is 1. The zero-order valence-electron chi connectivity index (χ0n) is 46.6. The molecular formula is C56H80N14O12. The van der Waals surface area contributed by atoms with Crippen LogP contribution in [0.1, 0.15) is 95.2 Å². The molecule has 10 amide bonds. The molecule has 26 nitrogen and oxygen atoms in total. The maximum absolute atomic E-state index is 14.6. The lowest BCUT2D eigenvalue weighted by Gasteiger charge is -2.31. The summed E-state index contributed by atoms with van der Waals surface area (Å²) < 4.78 is 0. The van der Waals surface area contributed by atoms with Crippen LogP contribution < -0.4 is 66.3 Å².